The van der Waals surface area contributed by atoms with E-state index in [4.69, 9.17) is 4.74 Å². The van der Waals surface area contributed by atoms with Crippen LogP contribution in [0.25, 0.3) is 21.6 Å². The van der Waals surface area contributed by atoms with E-state index in [0.29, 0.717) is 5.13 Å². The van der Waals surface area contributed by atoms with Gasteiger partial charge in [-0.25, -0.2) is 9.98 Å². The first kappa shape index (κ1) is 13.8. The third-order valence-electron chi connectivity index (χ3n) is 3.43. The number of benzene rings is 2. The van der Waals surface area contributed by atoms with Crippen LogP contribution in [0.4, 0.5) is 5.13 Å². The van der Waals surface area contributed by atoms with Crippen molar-refractivity contribution in [2.24, 2.45) is 4.99 Å². The van der Waals surface area contributed by atoms with Crippen LogP contribution in [-0.2, 0) is 0 Å². The summed E-state index contributed by atoms with van der Waals surface area (Å²) in [6.45, 7) is 0. The van der Waals surface area contributed by atoms with E-state index >= 15 is 0 Å². The van der Waals surface area contributed by atoms with Gasteiger partial charge in [0.2, 0.25) is 5.13 Å². The highest BCUT2D eigenvalue weighted by atomic mass is 32.1. The van der Waals surface area contributed by atoms with Gasteiger partial charge in [0.1, 0.15) is 16.5 Å². The lowest BCUT2D eigenvalue weighted by atomic mass is 10.2. The number of nitrogens with zero attached hydrogens (tertiary/aromatic N) is 4. The van der Waals surface area contributed by atoms with Crippen LogP contribution in [0, 0.1) is 0 Å². The molecule has 0 radical (unpaired) electrons. The van der Waals surface area contributed by atoms with E-state index in [0.717, 1.165) is 32.9 Å². The van der Waals surface area contributed by atoms with Crippen molar-refractivity contribution in [3.05, 3.63) is 54.1 Å². The molecule has 2 aliphatic heterocycles. The Morgan fingerprint density at radius 3 is 2.78 bits per heavy atom. The lowest BCUT2D eigenvalue weighted by molar-refractivity contribution is 0.415. The highest BCUT2D eigenvalue weighted by Crippen LogP contribution is 2.36. The Kier molecular flexibility index (Phi) is 3.44. The topological polar surface area (TPSA) is 60.3 Å². The molecule has 0 saturated heterocycles. The number of methoxy groups -OCH3 is 1. The molecule has 2 aromatic rings. The third-order valence-corrected chi connectivity index (χ3v) is 4.28. The number of ether oxygens (including phenoxy) is 1. The zero-order valence-electron chi connectivity index (χ0n) is 12.3. The fourth-order valence-electron chi connectivity index (χ4n) is 2.30. The molecular weight excluding hydrogens is 308 g/mol. The van der Waals surface area contributed by atoms with Crippen LogP contribution in [0.5, 0.6) is 5.75 Å². The maximum Gasteiger partial charge on any atom is 0.231 e. The van der Waals surface area contributed by atoms with Gasteiger partial charge in [0.15, 0.2) is 0 Å². The average Bonchev–Trinajstić information content (AvgIpc) is 2.97. The standard InChI is InChI=1S/C17H12N4OS/c1-22-12-7-8-14-13(9-12)15-16(19-14)23-17(21-20-15)18-10-11-5-3-2-4-6-11/h2-10H,1H3/b18-10+. The number of rotatable bonds is 3. The second-order valence-electron chi connectivity index (χ2n) is 4.90. The van der Waals surface area contributed by atoms with Gasteiger partial charge in [-0.05, 0) is 23.8 Å². The van der Waals surface area contributed by atoms with Crippen molar-refractivity contribution < 1.29 is 4.74 Å². The molecule has 0 fully saturated rings. The molecule has 0 saturated carbocycles. The Balaban J connectivity index is 1.75. The third kappa shape index (κ3) is 2.64. The molecule has 0 spiro atoms. The summed E-state index contributed by atoms with van der Waals surface area (Å²) in [6, 6.07) is 15.6. The smallest absolute Gasteiger partial charge is 0.231 e. The summed E-state index contributed by atoms with van der Waals surface area (Å²) in [5, 5.41) is 10.8. The molecule has 0 aromatic heterocycles. The molecule has 2 aliphatic rings. The largest absolute Gasteiger partial charge is 0.497 e. The van der Waals surface area contributed by atoms with Gasteiger partial charge >= 0.3 is 0 Å². The summed E-state index contributed by atoms with van der Waals surface area (Å²) < 4.78 is 5.26. The predicted molar refractivity (Wildman–Crippen MR) is 92.1 cm³/mol. The second kappa shape index (κ2) is 5.73. The monoisotopic (exact) mass is 320 g/mol. The molecule has 0 amide bonds. The maximum atomic E-state index is 5.26. The molecule has 6 heteroatoms. The Bertz CT molecular complexity index is 965. The van der Waals surface area contributed by atoms with Crippen LogP contribution in [0.2, 0.25) is 0 Å². The van der Waals surface area contributed by atoms with Crippen LogP contribution < -0.4 is 4.74 Å². The van der Waals surface area contributed by atoms with E-state index in [1.165, 1.54) is 11.3 Å². The molecule has 23 heavy (non-hydrogen) atoms. The number of hydrogen-bond acceptors (Lipinski definition) is 6. The van der Waals surface area contributed by atoms with E-state index in [1.54, 1.807) is 13.3 Å². The molecule has 4 rings (SSSR count). The highest BCUT2D eigenvalue weighted by Gasteiger charge is 2.16. The molecule has 0 atom stereocenters. The zero-order valence-corrected chi connectivity index (χ0v) is 13.1. The minimum atomic E-state index is 0.580. The molecule has 0 bridgehead atoms. The summed E-state index contributed by atoms with van der Waals surface area (Å²) in [7, 11) is 1.64. The quantitative estimate of drug-likeness (QED) is 0.536. The van der Waals surface area contributed by atoms with Crippen LogP contribution in [0.3, 0.4) is 0 Å². The van der Waals surface area contributed by atoms with Gasteiger partial charge in [-0.15, -0.1) is 10.2 Å². The Hall–Kier alpha value is -2.86. The Morgan fingerprint density at radius 2 is 1.96 bits per heavy atom. The summed E-state index contributed by atoms with van der Waals surface area (Å²) >= 11 is 1.42. The molecular formula is C17H12N4OS. The fourth-order valence-corrected chi connectivity index (χ4v) is 3.05. The highest BCUT2D eigenvalue weighted by molar-refractivity contribution is 7.18. The molecule has 112 valence electrons. The zero-order chi connectivity index (χ0) is 15.6. The van der Waals surface area contributed by atoms with Gasteiger partial charge in [0.05, 0.1) is 12.6 Å². The van der Waals surface area contributed by atoms with Crippen molar-refractivity contribution in [2.45, 2.75) is 0 Å². The lowest BCUT2D eigenvalue weighted by Crippen LogP contribution is -1.86. The van der Waals surface area contributed by atoms with E-state index < -0.39 is 0 Å². The summed E-state index contributed by atoms with van der Waals surface area (Å²) in [5.74, 6) is 0.782. The van der Waals surface area contributed by atoms with Crippen LogP contribution in [0.15, 0.2) is 53.5 Å². The van der Waals surface area contributed by atoms with Crippen LogP contribution >= 0.6 is 11.3 Å². The van der Waals surface area contributed by atoms with Crippen molar-refractivity contribution in [3.63, 3.8) is 0 Å². The summed E-state index contributed by atoms with van der Waals surface area (Å²) in [4.78, 5) is 8.98. The number of fused-ring (bicyclic) bond motifs is 3. The Labute approximate surface area is 136 Å². The average molecular weight is 320 g/mol. The fraction of sp³-hybridized carbons (Fsp3) is 0.0588. The number of aliphatic imine (C=N–C) groups is 1. The second-order valence-corrected chi connectivity index (χ2v) is 5.86. The van der Waals surface area contributed by atoms with Gasteiger partial charge in [-0.2, -0.15) is 0 Å². The lowest BCUT2D eigenvalue weighted by Gasteiger charge is -1.99. The SMILES string of the molecule is COc1ccc2nc3sc(/N=C/c4ccccc4)nnc-3c2c1. The molecule has 0 unspecified atom stereocenters. The summed E-state index contributed by atoms with van der Waals surface area (Å²) in [6.07, 6.45) is 1.78. The first-order chi connectivity index (χ1) is 11.3. The predicted octanol–water partition coefficient (Wildman–Crippen LogP) is 3.95. The minimum Gasteiger partial charge on any atom is -0.497 e. The van der Waals surface area contributed by atoms with Crippen molar-refractivity contribution in [1.82, 2.24) is 15.2 Å². The minimum absolute atomic E-state index is 0.580. The summed E-state index contributed by atoms with van der Waals surface area (Å²) in [5.41, 5.74) is 2.69. The van der Waals surface area contributed by atoms with Crippen LogP contribution in [-0.4, -0.2) is 28.5 Å². The van der Waals surface area contributed by atoms with Gasteiger partial charge in [-0.3, -0.25) is 0 Å². The Morgan fingerprint density at radius 1 is 1.09 bits per heavy atom. The molecule has 0 aliphatic carbocycles. The van der Waals surface area contributed by atoms with Crippen molar-refractivity contribution >= 4 is 33.6 Å². The van der Waals surface area contributed by atoms with Crippen LogP contribution in [0.1, 0.15) is 5.56 Å². The number of aromatic nitrogens is 3. The van der Waals surface area contributed by atoms with Gasteiger partial charge < -0.3 is 4.74 Å². The van der Waals surface area contributed by atoms with Crippen molar-refractivity contribution in [3.8, 4) is 16.5 Å². The van der Waals surface area contributed by atoms with Crippen molar-refractivity contribution in [1.29, 1.82) is 0 Å². The molecule has 2 aromatic carbocycles. The van der Waals surface area contributed by atoms with E-state index in [-0.39, 0.29) is 0 Å². The molecule has 0 N–H and O–H groups in total. The van der Waals surface area contributed by atoms with Gasteiger partial charge in [0.25, 0.3) is 0 Å². The van der Waals surface area contributed by atoms with Gasteiger partial charge in [-0.1, -0.05) is 41.7 Å². The van der Waals surface area contributed by atoms with E-state index in [9.17, 15) is 0 Å². The maximum absolute atomic E-state index is 5.26. The molecule has 5 nitrogen and oxygen atoms in total. The molecule has 2 heterocycles. The number of hydrogen-bond donors (Lipinski definition) is 0. The van der Waals surface area contributed by atoms with E-state index in [1.807, 2.05) is 48.5 Å². The first-order valence-corrected chi connectivity index (χ1v) is 7.85. The van der Waals surface area contributed by atoms with Gasteiger partial charge in [0, 0.05) is 11.6 Å². The van der Waals surface area contributed by atoms with Crippen molar-refractivity contribution in [2.75, 3.05) is 7.11 Å². The first-order valence-electron chi connectivity index (χ1n) is 7.03. The normalized spacial score (nSPS) is 11.5. The van der Waals surface area contributed by atoms with E-state index in [2.05, 4.69) is 20.2 Å².